The summed E-state index contributed by atoms with van der Waals surface area (Å²) in [6.45, 7) is 1.76. The summed E-state index contributed by atoms with van der Waals surface area (Å²) in [6.07, 6.45) is -0.531. The minimum atomic E-state index is -4.20. The lowest BCUT2D eigenvalue weighted by atomic mass is 9.65. The number of fused-ring (bicyclic) bond motifs is 1. The lowest BCUT2D eigenvalue weighted by Crippen LogP contribution is -2.47. The summed E-state index contributed by atoms with van der Waals surface area (Å²) in [4.78, 5) is 11.6. The van der Waals surface area contributed by atoms with Gasteiger partial charge in [-0.1, -0.05) is 0 Å². The maximum absolute atomic E-state index is 12.6. The standard InChI is InChI=1S/C15H17F3N4S.ClH/c16-15(17,18)6-10-3-11-12(20-8-21-13(11)23-10)22-2-1-14(7-22)4-9(19)5-14;/h3,8-9H,1-2,4-7,19H2;1H. The first kappa shape index (κ1) is 17.7. The van der Waals surface area contributed by atoms with Crippen molar-refractivity contribution in [3.8, 4) is 0 Å². The quantitative estimate of drug-likeness (QED) is 0.868. The van der Waals surface area contributed by atoms with Crippen molar-refractivity contribution in [1.29, 1.82) is 0 Å². The number of nitrogens with two attached hydrogens (primary N) is 1. The largest absolute Gasteiger partial charge is 0.393 e. The second kappa shape index (κ2) is 6.00. The van der Waals surface area contributed by atoms with E-state index in [0.717, 1.165) is 54.9 Å². The van der Waals surface area contributed by atoms with Crippen LogP contribution in [0.25, 0.3) is 10.2 Å². The number of hydrogen-bond acceptors (Lipinski definition) is 5. The van der Waals surface area contributed by atoms with Gasteiger partial charge in [0.1, 0.15) is 17.0 Å². The minimum Gasteiger partial charge on any atom is -0.355 e. The maximum atomic E-state index is 12.6. The molecule has 4 rings (SSSR count). The van der Waals surface area contributed by atoms with Crippen molar-refractivity contribution in [2.45, 2.75) is 37.9 Å². The van der Waals surface area contributed by atoms with Crippen molar-refractivity contribution in [2.24, 2.45) is 11.1 Å². The van der Waals surface area contributed by atoms with E-state index in [4.69, 9.17) is 5.73 Å². The molecular formula is C15H18ClF3N4S. The fraction of sp³-hybridized carbons (Fsp3) is 0.600. The second-order valence-corrected chi connectivity index (χ2v) is 7.88. The molecule has 0 amide bonds. The third-order valence-corrected chi connectivity index (χ3v) is 5.91. The predicted octanol–water partition coefficient (Wildman–Crippen LogP) is 3.54. The van der Waals surface area contributed by atoms with E-state index in [9.17, 15) is 13.2 Å². The van der Waals surface area contributed by atoms with Crippen LogP contribution in [0.4, 0.5) is 19.0 Å². The van der Waals surface area contributed by atoms with Crippen LogP contribution in [-0.4, -0.2) is 35.3 Å². The first-order valence-corrected chi connectivity index (χ1v) is 8.46. The molecule has 24 heavy (non-hydrogen) atoms. The normalized spacial score (nSPS) is 26.7. The molecule has 1 saturated carbocycles. The van der Waals surface area contributed by atoms with Gasteiger partial charge in [0, 0.05) is 24.0 Å². The number of hydrogen-bond donors (Lipinski definition) is 1. The van der Waals surface area contributed by atoms with E-state index >= 15 is 0 Å². The lowest BCUT2D eigenvalue weighted by Gasteiger charge is -2.43. The van der Waals surface area contributed by atoms with Gasteiger partial charge in [0.2, 0.25) is 0 Å². The second-order valence-electron chi connectivity index (χ2n) is 6.76. The lowest BCUT2D eigenvalue weighted by molar-refractivity contribution is -0.126. The van der Waals surface area contributed by atoms with Gasteiger partial charge in [0.15, 0.2) is 0 Å². The molecule has 0 radical (unpaired) electrons. The van der Waals surface area contributed by atoms with E-state index < -0.39 is 12.6 Å². The molecule has 0 bridgehead atoms. The average molecular weight is 379 g/mol. The third-order valence-electron chi connectivity index (χ3n) is 4.86. The van der Waals surface area contributed by atoms with Gasteiger partial charge in [-0.05, 0) is 30.7 Å². The van der Waals surface area contributed by atoms with Crippen LogP contribution in [0.1, 0.15) is 24.1 Å². The van der Waals surface area contributed by atoms with Gasteiger partial charge < -0.3 is 10.6 Å². The van der Waals surface area contributed by atoms with Crippen LogP contribution in [0.2, 0.25) is 0 Å². The fourth-order valence-corrected chi connectivity index (χ4v) is 4.95. The number of thiophene rings is 1. The summed E-state index contributed by atoms with van der Waals surface area (Å²) in [5.41, 5.74) is 6.20. The van der Waals surface area contributed by atoms with Crippen molar-refractivity contribution in [2.75, 3.05) is 18.0 Å². The van der Waals surface area contributed by atoms with Crippen LogP contribution in [0.3, 0.4) is 0 Å². The topological polar surface area (TPSA) is 55.0 Å². The molecule has 1 aliphatic carbocycles. The van der Waals surface area contributed by atoms with E-state index in [1.165, 1.54) is 6.33 Å². The smallest absolute Gasteiger partial charge is 0.355 e. The molecule has 0 atom stereocenters. The van der Waals surface area contributed by atoms with Gasteiger partial charge in [-0.25, -0.2) is 9.97 Å². The molecule has 2 N–H and O–H groups in total. The number of halogens is 4. The summed E-state index contributed by atoms with van der Waals surface area (Å²) < 4.78 is 37.8. The molecule has 4 nitrogen and oxygen atoms in total. The molecule has 2 aliphatic rings. The summed E-state index contributed by atoms with van der Waals surface area (Å²) in [6, 6.07) is 1.89. The van der Waals surface area contributed by atoms with Gasteiger partial charge in [0.05, 0.1) is 11.8 Å². The highest BCUT2D eigenvalue weighted by atomic mass is 35.5. The SMILES string of the molecule is Cl.NC1CC2(CCN(c3ncnc4sc(CC(F)(F)F)cc34)C2)C1. The van der Waals surface area contributed by atoms with Gasteiger partial charge in [-0.15, -0.1) is 23.7 Å². The zero-order chi connectivity index (χ0) is 16.2. The van der Waals surface area contributed by atoms with Crippen molar-refractivity contribution >= 4 is 39.8 Å². The van der Waals surface area contributed by atoms with Crippen LogP contribution >= 0.6 is 23.7 Å². The van der Waals surface area contributed by atoms with Gasteiger partial charge in [0.25, 0.3) is 0 Å². The number of anilines is 1. The molecule has 1 spiro atoms. The van der Waals surface area contributed by atoms with E-state index in [1.807, 2.05) is 0 Å². The van der Waals surface area contributed by atoms with Gasteiger partial charge >= 0.3 is 6.18 Å². The van der Waals surface area contributed by atoms with Gasteiger partial charge in [-0.2, -0.15) is 13.2 Å². The molecule has 1 aliphatic heterocycles. The Morgan fingerprint density at radius 2 is 2.08 bits per heavy atom. The van der Waals surface area contributed by atoms with Crippen molar-refractivity contribution in [3.05, 3.63) is 17.3 Å². The van der Waals surface area contributed by atoms with Gasteiger partial charge in [-0.3, -0.25) is 0 Å². The molecule has 0 aromatic carbocycles. The molecule has 2 fully saturated rings. The number of aromatic nitrogens is 2. The Hall–Kier alpha value is -1.12. The molecule has 3 heterocycles. The molecule has 2 aromatic heterocycles. The number of rotatable bonds is 2. The zero-order valence-electron chi connectivity index (χ0n) is 12.8. The molecule has 2 aromatic rings. The highest BCUT2D eigenvalue weighted by molar-refractivity contribution is 7.18. The van der Waals surface area contributed by atoms with Crippen LogP contribution in [0.15, 0.2) is 12.4 Å². The van der Waals surface area contributed by atoms with Crippen LogP contribution < -0.4 is 10.6 Å². The Balaban J connectivity index is 0.00000169. The third kappa shape index (κ3) is 3.19. The van der Waals surface area contributed by atoms with E-state index in [2.05, 4.69) is 14.9 Å². The summed E-state index contributed by atoms with van der Waals surface area (Å²) in [7, 11) is 0. The summed E-state index contributed by atoms with van der Waals surface area (Å²) >= 11 is 1.10. The Kier molecular flexibility index (Phi) is 4.42. The summed E-state index contributed by atoms with van der Waals surface area (Å²) in [5.74, 6) is 0.761. The molecule has 1 saturated heterocycles. The maximum Gasteiger partial charge on any atom is 0.393 e. The van der Waals surface area contributed by atoms with Crippen LogP contribution in [-0.2, 0) is 6.42 Å². The molecular weight excluding hydrogens is 361 g/mol. The highest BCUT2D eigenvalue weighted by Gasteiger charge is 2.47. The van der Waals surface area contributed by atoms with E-state index in [1.54, 1.807) is 6.07 Å². The molecule has 0 unspecified atom stereocenters. The monoisotopic (exact) mass is 378 g/mol. The van der Waals surface area contributed by atoms with E-state index in [-0.39, 0.29) is 22.7 Å². The Bertz CT molecular complexity index is 742. The van der Waals surface area contributed by atoms with Crippen LogP contribution in [0, 0.1) is 5.41 Å². The molecule has 132 valence electrons. The first-order chi connectivity index (χ1) is 10.8. The Morgan fingerprint density at radius 1 is 1.33 bits per heavy atom. The van der Waals surface area contributed by atoms with Crippen molar-refractivity contribution in [3.63, 3.8) is 0 Å². The average Bonchev–Trinajstić information content (AvgIpc) is 2.99. The van der Waals surface area contributed by atoms with E-state index in [0.29, 0.717) is 10.9 Å². The number of alkyl halides is 3. The first-order valence-electron chi connectivity index (χ1n) is 7.64. The van der Waals surface area contributed by atoms with Crippen molar-refractivity contribution in [1.82, 2.24) is 9.97 Å². The predicted molar refractivity (Wildman–Crippen MR) is 90.9 cm³/mol. The number of nitrogens with zero attached hydrogens (tertiary/aromatic N) is 3. The molecule has 9 heteroatoms. The van der Waals surface area contributed by atoms with Crippen LogP contribution in [0.5, 0.6) is 0 Å². The Labute approximate surface area is 147 Å². The highest BCUT2D eigenvalue weighted by Crippen LogP contribution is 2.48. The minimum absolute atomic E-state index is 0. The Morgan fingerprint density at radius 3 is 2.75 bits per heavy atom. The van der Waals surface area contributed by atoms with Crippen molar-refractivity contribution < 1.29 is 13.2 Å². The fourth-order valence-electron chi connectivity index (χ4n) is 3.93. The summed E-state index contributed by atoms with van der Waals surface area (Å²) in [5, 5.41) is 0.734. The zero-order valence-corrected chi connectivity index (χ0v) is 14.5.